The van der Waals surface area contributed by atoms with E-state index < -0.39 is 0 Å². The van der Waals surface area contributed by atoms with E-state index in [0.29, 0.717) is 5.69 Å². The average molecular weight is 401 g/mol. The minimum Gasteiger partial charge on any atom is -0.399 e. The number of hydrogen-bond acceptors (Lipinski definition) is 4. The summed E-state index contributed by atoms with van der Waals surface area (Å²) in [6, 6.07) is 13.0. The summed E-state index contributed by atoms with van der Waals surface area (Å²) in [4.78, 5) is 22.1. The zero-order valence-electron chi connectivity index (χ0n) is 17.7. The molecule has 1 aliphatic heterocycles. The lowest BCUT2D eigenvalue weighted by Gasteiger charge is -2.38. The van der Waals surface area contributed by atoms with Gasteiger partial charge in [-0.1, -0.05) is 19.9 Å². The molecule has 3 aliphatic rings. The van der Waals surface area contributed by atoms with Gasteiger partial charge >= 0.3 is 0 Å². The number of nitrogen functional groups attached to an aromatic ring is 1. The molecule has 2 heterocycles. The number of anilines is 2. The van der Waals surface area contributed by atoms with Crippen molar-refractivity contribution in [1.29, 1.82) is 0 Å². The first kappa shape index (κ1) is 18.0. The number of hydrogen-bond donors (Lipinski definition) is 2. The average Bonchev–Trinajstić information content (AvgIpc) is 3.52. The fraction of sp³-hybridized carbons (Fsp3) is 0.400. The zero-order valence-corrected chi connectivity index (χ0v) is 17.7. The summed E-state index contributed by atoms with van der Waals surface area (Å²) in [5.74, 6) is 0.112. The molecule has 1 saturated carbocycles. The predicted octanol–water partition coefficient (Wildman–Crippen LogP) is 3.90. The lowest BCUT2D eigenvalue weighted by atomic mass is 9.71. The van der Waals surface area contributed by atoms with Crippen LogP contribution in [-0.2, 0) is 5.41 Å². The van der Waals surface area contributed by atoms with Crippen LogP contribution in [0.25, 0.3) is 10.9 Å². The standard InChI is InChI=1S/C25H28N4O/c1-25(2)20-14-17(29-11-9-28(10-12-29)16-4-5-16)6-8-18(20)23(30)22-19-7-3-15(26)13-21(19)27-24(22)25/h3,6-8,13-14,16,27H,4-5,9-12,26H2,1-2H3. The minimum absolute atomic E-state index is 0.112. The van der Waals surface area contributed by atoms with Crippen molar-refractivity contribution in [2.24, 2.45) is 0 Å². The van der Waals surface area contributed by atoms with Crippen molar-refractivity contribution >= 4 is 28.1 Å². The Balaban J connectivity index is 1.40. The molecule has 6 rings (SSSR count). The number of nitrogens with two attached hydrogens (primary N) is 1. The van der Waals surface area contributed by atoms with Crippen LogP contribution < -0.4 is 10.6 Å². The van der Waals surface area contributed by atoms with Crippen LogP contribution in [0.5, 0.6) is 0 Å². The molecule has 3 N–H and O–H groups in total. The highest BCUT2D eigenvalue weighted by atomic mass is 16.1. The lowest BCUT2D eigenvalue weighted by molar-refractivity contribution is 0.103. The molecule has 30 heavy (non-hydrogen) atoms. The van der Waals surface area contributed by atoms with Crippen LogP contribution in [0.1, 0.15) is 53.9 Å². The van der Waals surface area contributed by atoms with Gasteiger partial charge in [0.15, 0.2) is 5.78 Å². The molecule has 2 fully saturated rings. The molecule has 5 nitrogen and oxygen atoms in total. The molecule has 1 saturated heterocycles. The van der Waals surface area contributed by atoms with Crippen LogP contribution in [0.3, 0.4) is 0 Å². The third kappa shape index (κ3) is 2.54. The Morgan fingerprint density at radius 3 is 2.53 bits per heavy atom. The second-order valence-corrected chi connectivity index (χ2v) is 9.62. The lowest BCUT2D eigenvalue weighted by Crippen LogP contribution is -2.47. The fourth-order valence-corrected chi connectivity index (χ4v) is 5.42. The van der Waals surface area contributed by atoms with Gasteiger partial charge < -0.3 is 15.6 Å². The van der Waals surface area contributed by atoms with Gasteiger partial charge in [-0.2, -0.15) is 0 Å². The molecule has 3 aromatic rings. The summed E-state index contributed by atoms with van der Waals surface area (Å²) in [7, 11) is 0. The van der Waals surface area contributed by atoms with Gasteiger partial charge in [-0.3, -0.25) is 9.69 Å². The van der Waals surface area contributed by atoms with Crippen LogP contribution in [-0.4, -0.2) is 47.9 Å². The number of piperazine rings is 1. The first-order valence-corrected chi connectivity index (χ1v) is 11.0. The largest absolute Gasteiger partial charge is 0.399 e. The van der Waals surface area contributed by atoms with Gasteiger partial charge in [0.05, 0.1) is 5.56 Å². The molecule has 2 aromatic carbocycles. The van der Waals surface area contributed by atoms with Gasteiger partial charge in [0.25, 0.3) is 0 Å². The smallest absolute Gasteiger partial charge is 0.195 e. The van der Waals surface area contributed by atoms with Crippen molar-refractivity contribution < 1.29 is 4.79 Å². The molecule has 0 unspecified atom stereocenters. The number of benzene rings is 2. The van der Waals surface area contributed by atoms with Crippen molar-refractivity contribution in [3.8, 4) is 0 Å². The first-order valence-electron chi connectivity index (χ1n) is 11.0. The highest BCUT2D eigenvalue weighted by molar-refractivity contribution is 6.20. The van der Waals surface area contributed by atoms with E-state index in [0.717, 1.165) is 65.5 Å². The number of carbonyl (C=O) groups excluding carboxylic acids is 1. The SMILES string of the molecule is CC1(C)c2cc(N3CCN(C4CC4)CC3)ccc2C(=O)c2c1[nH]c1cc(N)ccc21. The third-order valence-corrected chi connectivity index (χ3v) is 7.34. The van der Waals surface area contributed by atoms with Crippen molar-refractivity contribution in [1.82, 2.24) is 9.88 Å². The van der Waals surface area contributed by atoms with E-state index in [1.807, 2.05) is 24.3 Å². The van der Waals surface area contributed by atoms with Gasteiger partial charge in [0.2, 0.25) is 0 Å². The maximum Gasteiger partial charge on any atom is 0.195 e. The topological polar surface area (TPSA) is 65.4 Å². The molecule has 1 aromatic heterocycles. The Kier molecular flexibility index (Phi) is 3.67. The van der Waals surface area contributed by atoms with Gasteiger partial charge in [0.1, 0.15) is 0 Å². The summed E-state index contributed by atoms with van der Waals surface area (Å²) < 4.78 is 0. The van der Waals surface area contributed by atoms with Gasteiger partial charge in [-0.15, -0.1) is 0 Å². The van der Waals surface area contributed by atoms with E-state index in [-0.39, 0.29) is 11.2 Å². The Hall–Kier alpha value is -2.79. The third-order valence-electron chi connectivity index (χ3n) is 7.34. The minimum atomic E-state index is -0.280. The van der Waals surface area contributed by atoms with E-state index >= 15 is 0 Å². The van der Waals surface area contributed by atoms with Crippen LogP contribution >= 0.6 is 0 Å². The summed E-state index contributed by atoms with van der Waals surface area (Å²) in [6.45, 7) is 8.81. The van der Waals surface area contributed by atoms with E-state index in [9.17, 15) is 4.79 Å². The second-order valence-electron chi connectivity index (χ2n) is 9.62. The van der Waals surface area contributed by atoms with Crippen molar-refractivity contribution in [3.63, 3.8) is 0 Å². The maximum atomic E-state index is 13.5. The highest BCUT2D eigenvalue weighted by Crippen LogP contribution is 2.45. The zero-order chi connectivity index (χ0) is 20.6. The Labute approximate surface area is 176 Å². The molecule has 0 atom stereocenters. The summed E-state index contributed by atoms with van der Waals surface area (Å²) in [6.07, 6.45) is 2.74. The summed E-state index contributed by atoms with van der Waals surface area (Å²) in [5, 5.41) is 0.961. The van der Waals surface area contributed by atoms with Crippen molar-refractivity contribution in [2.45, 2.75) is 38.1 Å². The Morgan fingerprint density at radius 2 is 1.80 bits per heavy atom. The van der Waals surface area contributed by atoms with E-state index in [1.165, 1.54) is 18.5 Å². The number of aromatic nitrogens is 1. The number of ketones is 1. The molecule has 0 spiro atoms. The molecule has 5 heteroatoms. The van der Waals surface area contributed by atoms with Gasteiger partial charge in [-0.25, -0.2) is 0 Å². The predicted molar refractivity (Wildman–Crippen MR) is 122 cm³/mol. The number of nitrogens with zero attached hydrogens (tertiary/aromatic N) is 2. The molecule has 0 radical (unpaired) electrons. The molecule has 0 amide bonds. The number of carbonyl (C=O) groups is 1. The summed E-state index contributed by atoms with van der Waals surface area (Å²) in [5.41, 5.74) is 12.3. The van der Waals surface area contributed by atoms with Crippen molar-refractivity contribution in [3.05, 3.63) is 58.8 Å². The number of aromatic amines is 1. The van der Waals surface area contributed by atoms with Gasteiger partial charge in [0, 0.05) is 71.2 Å². The number of fused-ring (bicyclic) bond motifs is 4. The molecular weight excluding hydrogens is 372 g/mol. The normalized spacial score (nSPS) is 21.0. The second kappa shape index (κ2) is 6.11. The van der Waals surface area contributed by atoms with Crippen LogP contribution in [0.4, 0.5) is 11.4 Å². The van der Waals surface area contributed by atoms with Crippen molar-refractivity contribution in [2.75, 3.05) is 36.8 Å². The molecule has 2 aliphatic carbocycles. The summed E-state index contributed by atoms with van der Waals surface area (Å²) >= 11 is 0. The van der Waals surface area contributed by atoms with Crippen LogP contribution in [0, 0.1) is 0 Å². The first-order chi connectivity index (χ1) is 14.4. The van der Waals surface area contributed by atoms with E-state index in [4.69, 9.17) is 5.73 Å². The quantitative estimate of drug-likeness (QED) is 0.640. The van der Waals surface area contributed by atoms with Crippen LogP contribution in [0.2, 0.25) is 0 Å². The van der Waals surface area contributed by atoms with Gasteiger partial charge in [-0.05, 0) is 48.7 Å². The fourth-order valence-electron chi connectivity index (χ4n) is 5.42. The molecule has 0 bridgehead atoms. The Morgan fingerprint density at radius 1 is 1.03 bits per heavy atom. The number of nitrogens with one attached hydrogen (secondary N) is 1. The monoisotopic (exact) mass is 400 g/mol. The van der Waals surface area contributed by atoms with E-state index in [2.05, 4.69) is 40.8 Å². The van der Waals surface area contributed by atoms with Crippen LogP contribution in [0.15, 0.2) is 36.4 Å². The number of rotatable bonds is 2. The highest BCUT2D eigenvalue weighted by Gasteiger charge is 2.40. The maximum absolute atomic E-state index is 13.5. The molecular formula is C25H28N4O. The molecule has 154 valence electrons. The van der Waals surface area contributed by atoms with E-state index in [1.54, 1.807) is 0 Å². The Bertz CT molecular complexity index is 1180. The number of H-pyrrole nitrogens is 1.